The predicted octanol–water partition coefficient (Wildman–Crippen LogP) is 2.42. The van der Waals surface area contributed by atoms with Crippen LogP contribution in [0.2, 0.25) is 0 Å². The molecule has 3 N–H and O–H groups in total. The number of halogens is 1. The number of rotatable bonds is 3. The number of fused-ring (bicyclic) bond motifs is 1. The Morgan fingerprint density at radius 2 is 2.00 bits per heavy atom. The van der Waals surface area contributed by atoms with Gasteiger partial charge in [-0.1, -0.05) is 0 Å². The molecule has 20 heavy (non-hydrogen) atoms. The van der Waals surface area contributed by atoms with Gasteiger partial charge in [-0.15, -0.1) is 0 Å². The van der Waals surface area contributed by atoms with Crippen LogP contribution in [0.1, 0.15) is 11.4 Å². The maximum absolute atomic E-state index is 5.64. The lowest BCUT2D eigenvalue weighted by Gasteiger charge is -2.20. The Kier molecular flexibility index (Phi) is 3.67. The molecule has 6 heteroatoms. The monoisotopic (exact) mass is 337 g/mol. The van der Waals surface area contributed by atoms with Crippen molar-refractivity contribution in [3.8, 4) is 22.8 Å². The van der Waals surface area contributed by atoms with Crippen LogP contribution in [-0.2, 0) is 6.42 Å². The van der Waals surface area contributed by atoms with E-state index >= 15 is 0 Å². The summed E-state index contributed by atoms with van der Waals surface area (Å²) in [6, 6.07) is 3.98. The van der Waals surface area contributed by atoms with Crippen LogP contribution in [0.3, 0.4) is 0 Å². The molecule has 3 rings (SSSR count). The van der Waals surface area contributed by atoms with E-state index < -0.39 is 0 Å². The number of ether oxygens (including phenoxy) is 2. The van der Waals surface area contributed by atoms with Crippen LogP contribution < -0.4 is 15.2 Å². The van der Waals surface area contributed by atoms with Gasteiger partial charge in [0.2, 0.25) is 0 Å². The van der Waals surface area contributed by atoms with E-state index in [-0.39, 0.29) is 0 Å². The van der Waals surface area contributed by atoms with Crippen LogP contribution in [0.4, 0.5) is 0 Å². The molecule has 1 aliphatic rings. The van der Waals surface area contributed by atoms with Gasteiger partial charge in [0, 0.05) is 12.0 Å². The zero-order valence-corrected chi connectivity index (χ0v) is 12.8. The van der Waals surface area contributed by atoms with Crippen LogP contribution in [0.5, 0.6) is 11.5 Å². The zero-order chi connectivity index (χ0) is 14.1. The highest BCUT2D eigenvalue weighted by molar-refractivity contribution is 9.10. The van der Waals surface area contributed by atoms with Crippen LogP contribution in [-0.4, -0.2) is 29.7 Å². The minimum atomic E-state index is 0.569. The third kappa shape index (κ3) is 2.41. The molecule has 0 atom stereocenters. The first-order chi connectivity index (χ1) is 9.69. The molecule has 0 spiro atoms. The molecule has 2 heterocycles. The Balaban J connectivity index is 2.05. The summed E-state index contributed by atoms with van der Waals surface area (Å²) in [6.07, 6.45) is 0.724. The second kappa shape index (κ2) is 5.46. The van der Waals surface area contributed by atoms with Crippen LogP contribution in [0.25, 0.3) is 11.3 Å². The van der Waals surface area contributed by atoms with Gasteiger partial charge < -0.3 is 20.2 Å². The Morgan fingerprint density at radius 3 is 2.70 bits per heavy atom. The average molecular weight is 338 g/mol. The lowest BCUT2D eigenvalue weighted by atomic mass is 10.0. The van der Waals surface area contributed by atoms with E-state index in [1.165, 1.54) is 0 Å². The van der Waals surface area contributed by atoms with Crippen molar-refractivity contribution >= 4 is 15.9 Å². The van der Waals surface area contributed by atoms with Crippen LogP contribution in [0, 0.1) is 6.92 Å². The number of H-pyrrole nitrogens is 1. The summed E-state index contributed by atoms with van der Waals surface area (Å²) in [5.74, 6) is 2.45. The molecule has 0 saturated carbocycles. The van der Waals surface area contributed by atoms with Gasteiger partial charge in [-0.25, -0.2) is 4.98 Å². The summed E-state index contributed by atoms with van der Waals surface area (Å²) in [5.41, 5.74) is 8.57. The third-order valence-corrected chi connectivity index (χ3v) is 3.81. The molecular formula is C14H16BrN3O2. The number of nitrogens with one attached hydrogen (secondary N) is 1. The Bertz CT molecular complexity index is 640. The number of aryl methyl sites for hydroxylation is 1. The van der Waals surface area contributed by atoms with Gasteiger partial charge in [0.15, 0.2) is 11.5 Å². The summed E-state index contributed by atoms with van der Waals surface area (Å²) in [4.78, 5) is 7.81. The zero-order valence-electron chi connectivity index (χ0n) is 11.2. The topological polar surface area (TPSA) is 73.2 Å². The van der Waals surface area contributed by atoms with E-state index in [1.54, 1.807) is 0 Å². The first kappa shape index (κ1) is 13.5. The van der Waals surface area contributed by atoms with E-state index in [0.717, 1.165) is 45.2 Å². The first-order valence-electron chi connectivity index (χ1n) is 6.54. The number of aromatic amines is 1. The quantitative estimate of drug-likeness (QED) is 0.902. The predicted molar refractivity (Wildman–Crippen MR) is 80.2 cm³/mol. The average Bonchev–Trinajstić information content (AvgIpc) is 2.79. The second-order valence-electron chi connectivity index (χ2n) is 4.70. The van der Waals surface area contributed by atoms with Gasteiger partial charge in [-0.3, -0.25) is 0 Å². The van der Waals surface area contributed by atoms with Gasteiger partial charge in [0.25, 0.3) is 0 Å². The maximum Gasteiger partial charge on any atom is 0.162 e. The van der Waals surface area contributed by atoms with E-state index in [9.17, 15) is 0 Å². The molecule has 0 saturated heterocycles. The molecular weight excluding hydrogens is 322 g/mol. The van der Waals surface area contributed by atoms with E-state index in [2.05, 4.69) is 25.9 Å². The maximum atomic E-state index is 5.64. The minimum Gasteiger partial charge on any atom is -0.486 e. The molecule has 0 radical (unpaired) electrons. The molecule has 5 nitrogen and oxygen atoms in total. The smallest absolute Gasteiger partial charge is 0.162 e. The first-order valence-corrected chi connectivity index (χ1v) is 7.33. The summed E-state index contributed by atoms with van der Waals surface area (Å²) in [7, 11) is 0. The Labute approximate surface area is 125 Å². The van der Waals surface area contributed by atoms with Crippen molar-refractivity contribution in [2.24, 2.45) is 5.73 Å². The molecule has 2 aromatic rings. The van der Waals surface area contributed by atoms with Crippen molar-refractivity contribution in [3.63, 3.8) is 0 Å². The number of nitrogens with two attached hydrogens (primary N) is 1. The minimum absolute atomic E-state index is 0.569. The number of aromatic nitrogens is 2. The van der Waals surface area contributed by atoms with Crippen LogP contribution >= 0.6 is 15.9 Å². The van der Waals surface area contributed by atoms with Crippen molar-refractivity contribution in [2.45, 2.75) is 13.3 Å². The van der Waals surface area contributed by atoms with Crippen molar-refractivity contribution in [2.75, 3.05) is 19.8 Å². The second-order valence-corrected chi connectivity index (χ2v) is 5.49. The fraction of sp³-hybridized carbons (Fsp3) is 0.357. The SMILES string of the molecule is Cc1cc2c(cc1-c1nc(CCN)[nH]c1Br)OCCO2. The lowest BCUT2D eigenvalue weighted by molar-refractivity contribution is 0.171. The summed E-state index contributed by atoms with van der Waals surface area (Å²) >= 11 is 3.52. The molecule has 0 bridgehead atoms. The van der Waals surface area contributed by atoms with Gasteiger partial charge in [0.05, 0.1) is 0 Å². The molecule has 0 unspecified atom stereocenters. The number of hydrogen-bond acceptors (Lipinski definition) is 4. The van der Waals surface area contributed by atoms with Gasteiger partial charge >= 0.3 is 0 Å². The molecule has 0 fully saturated rings. The lowest BCUT2D eigenvalue weighted by Crippen LogP contribution is -2.15. The van der Waals surface area contributed by atoms with Gasteiger partial charge in [0.1, 0.15) is 29.3 Å². The summed E-state index contributed by atoms with van der Waals surface area (Å²) < 4.78 is 12.1. The standard InChI is InChI=1S/C14H16BrN3O2/c1-8-6-10-11(20-5-4-19-10)7-9(8)13-14(15)18-12(17-13)2-3-16/h6-7H,2-5,16H2,1H3,(H,17,18). The molecule has 0 amide bonds. The highest BCUT2D eigenvalue weighted by atomic mass is 79.9. The fourth-order valence-corrected chi connectivity index (χ4v) is 2.81. The normalized spacial score (nSPS) is 13.6. The summed E-state index contributed by atoms with van der Waals surface area (Å²) in [5, 5.41) is 0. The molecule has 1 aromatic carbocycles. The summed E-state index contributed by atoms with van der Waals surface area (Å²) in [6.45, 7) is 3.78. The van der Waals surface area contributed by atoms with E-state index in [0.29, 0.717) is 19.8 Å². The van der Waals surface area contributed by atoms with Crippen molar-refractivity contribution in [3.05, 3.63) is 28.1 Å². The van der Waals surface area contributed by atoms with Crippen LogP contribution in [0.15, 0.2) is 16.7 Å². The van der Waals surface area contributed by atoms with E-state index in [1.807, 2.05) is 19.1 Å². The van der Waals surface area contributed by atoms with Crippen molar-refractivity contribution < 1.29 is 9.47 Å². The van der Waals surface area contributed by atoms with Crippen molar-refractivity contribution in [1.29, 1.82) is 0 Å². The highest BCUT2D eigenvalue weighted by Gasteiger charge is 2.18. The van der Waals surface area contributed by atoms with E-state index in [4.69, 9.17) is 15.2 Å². The Hall–Kier alpha value is -1.53. The number of benzene rings is 1. The molecule has 106 valence electrons. The molecule has 0 aliphatic carbocycles. The Morgan fingerprint density at radius 1 is 1.30 bits per heavy atom. The molecule has 1 aliphatic heterocycles. The molecule has 1 aromatic heterocycles. The number of imidazole rings is 1. The number of hydrogen-bond donors (Lipinski definition) is 2. The number of nitrogens with zero attached hydrogens (tertiary/aromatic N) is 1. The largest absolute Gasteiger partial charge is 0.486 e. The van der Waals surface area contributed by atoms with Gasteiger partial charge in [-0.2, -0.15) is 0 Å². The van der Waals surface area contributed by atoms with Gasteiger partial charge in [-0.05, 0) is 47.1 Å². The third-order valence-electron chi connectivity index (χ3n) is 3.23. The fourth-order valence-electron chi connectivity index (χ4n) is 2.28. The van der Waals surface area contributed by atoms with Crippen molar-refractivity contribution in [1.82, 2.24) is 9.97 Å². The highest BCUT2D eigenvalue weighted by Crippen LogP contribution is 2.38.